The molecule has 0 atom stereocenters. The van der Waals surface area contributed by atoms with Crippen LogP contribution >= 0.6 is 0 Å². The van der Waals surface area contributed by atoms with Crippen LogP contribution in [0.4, 0.5) is 0 Å². The van der Waals surface area contributed by atoms with Crippen molar-refractivity contribution in [2.24, 2.45) is 40.4 Å². The highest BCUT2D eigenvalue weighted by molar-refractivity contribution is 5.13. The van der Waals surface area contributed by atoms with Gasteiger partial charge in [-0.15, -0.1) is 0 Å². The van der Waals surface area contributed by atoms with Gasteiger partial charge in [-0.2, -0.15) is 0 Å². The van der Waals surface area contributed by atoms with E-state index in [0.29, 0.717) is 10.8 Å². The number of hydrogen-bond acceptors (Lipinski definition) is 1. The standard InChI is InChI=1S/C18H31N/c1-17(2)15(18(17,3)4)10-19-16-13-6-11-5-12(8-13)9-14(16)7-11/h11-16,19H,5-10H2,1-4H3. The molecule has 5 aliphatic carbocycles. The van der Waals surface area contributed by atoms with Crippen molar-refractivity contribution in [1.82, 2.24) is 5.32 Å². The SMILES string of the molecule is CC1(C)C(CNC2C3CC4CC(C3)CC2C4)C1(C)C. The lowest BCUT2D eigenvalue weighted by Gasteiger charge is -2.54. The van der Waals surface area contributed by atoms with Gasteiger partial charge in [0.1, 0.15) is 0 Å². The number of rotatable bonds is 3. The maximum Gasteiger partial charge on any atom is 0.0124 e. The summed E-state index contributed by atoms with van der Waals surface area (Å²) in [7, 11) is 0. The van der Waals surface area contributed by atoms with E-state index in [9.17, 15) is 0 Å². The van der Waals surface area contributed by atoms with E-state index in [0.717, 1.165) is 35.6 Å². The Hall–Kier alpha value is -0.0400. The number of hydrogen-bond donors (Lipinski definition) is 1. The third-order valence-electron chi connectivity index (χ3n) is 8.10. The molecule has 0 heterocycles. The zero-order chi connectivity index (χ0) is 13.4. The Morgan fingerprint density at radius 3 is 1.68 bits per heavy atom. The first-order valence-corrected chi connectivity index (χ1v) is 8.63. The van der Waals surface area contributed by atoms with E-state index in [1.807, 2.05) is 0 Å². The molecule has 0 aromatic carbocycles. The van der Waals surface area contributed by atoms with E-state index in [1.54, 1.807) is 32.1 Å². The molecule has 0 saturated heterocycles. The monoisotopic (exact) mass is 261 g/mol. The van der Waals surface area contributed by atoms with Crippen molar-refractivity contribution in [1.29, 1.82) is 0 Å². The fourth-order valence-corrected chi connectivity index (χ4v) is 6.36. The molecule has 1 nitrogen and oxygen atoms in total. The second-order valence-electron chi connectivity index (χ2n) is 9.36. The first-order valence-electron chi connectivity index (χ1n) is 8.63. The fourth-order valence-electron chi connectivity index (χ4n) is 6.36. The molecule has 0 unspecified atom stereocenters. The van der Waals surface area contributed by atoms with Crippen LogP contribution in [0.3, 0.4) is 0 Å². The first-order chi connectivity index (χ1) is 8.89. The summed E-state index contributed by atoms with van der Waals surface area (Å²) in [6.45, 7) is 11.1. The zero-order valence-corrected chi connectivity index (χ0v) is 13.2. The molecular formula is C18H31N. The lowest BCUT2D eigenvalue weighted by molar-refractivity contribution is -0.0143. The molecule has 0 spiro atoms. The van der Waals surface area contributed by atoms with Crippen molar-refractivity contribution in [3.63, 3.8) is 0 Å². The lowest BCUT2D eigenvalue weighted by Crippen LogP contribution is -2.55. The van der Waals surface area contributed by atoms with Crippen molar-refractivity contribution in [3.05, 3.63) is 0 Å². The largest absolute Gasteiger partial charge is 0.313 e. The Balaban J connectivity index is 1.40. The van der Waals surface area contributed by atoms with Crippen molar-refractivity contribution < 1.29 is 0 Å². The van der Waals surface area contributed by atoms with Crippen LogP contribution in [0, 0.1) is 40.4 Å². The summed E-state index contributed by atoms with van der Waals surface area (Å²) in [5.74, 6) is 5.16. The van der Waals surface area contributed by atoms with Crippen molar-refractivity contribution >= 4 is 0 Å². The Morgan fingerprint density at radius 2 is 1.26 bits per heavy atom. The van der Waals surface area contributed by atoms with E-state index < -0.39 is 0 Å². The summed E-state index contributed by atoms with van der Waals surface area (Å²) >= 11 is 0. The Labute approximate surface area is 118 Å². The van der Waals surface area contributed by atoms with Crippen LogP contribution in [0.5, 0.6) is 0 Å². The Kier molecular flexibility index (Phi) is 2.52. The summed E-state index contributed by atoms with van der Waals surface area (Å²) in [6.07, 6.45) is 7.75. The summed E-state index contributed by atoms with van der Waals surface area (Å²) in [4.78, 5) is 0. The molecule has 0 aliphatic heterocycles. The van der Waals surface area contributed by atoms with Gasteiger partial charge < -0.3 is 5.32 Å². The molecule has 0 amide bonds. The van der Waals surface area contributed by atoms with Crippen LogP contribution in [0.2, 0.25) is 0 Å². The summed E-state index contributed by atoms with van der Waals surface area (Å²) in [5, 5.41) is 4.04. The Morgan fingerprint density at radius 1 is 0.789 bits per heavy atom. The van der Waals surface area contributed by atoms with E-state index in [-0.39, 0.29) is 0 Å². The molecule has 5 aliphatic rings. The minimum atomic E-state index is 0.548. The van der Waals surface area contributed by atoms with Gasteiger partial charge in [0.15, 0.2) is 0 Å². The highest BCUT2D eigenvalue weighted by Crippen LogP contribution is 2.68. The second kappa shape index (κ2) is 3.78. The molecule has 108 valence electrons. The first kappa shape index (κ1) is 12.7. The molecule has 5 rings (SSSR count). The molecule has 0 radical (unpaired) electrons. The molecule has 4 bridgehead atoms. The summed E-state index contributed by atoms with van der Waals surface area (Å²) < 4.78 is 0. The molecule has 1 heteroatoms. The topological polar surface area (TPSA) is 12.0 Å². The van der Waals surface area contributed by atoms with Gasteiger partial charge in [0.25, 0.3) is 0 Å². The molecule has 0 aromatic heterocycles. The van der Waals surface area contributed by atoms with Crippen molar-refractivity contribution in [2.45, 2.75) is 65.8 Å². The maximum absolute atomic E-state index is 4.04. The smallest absolute Gasteiger partial charge is 0.0124 e. The summed E-state index contributed by atoms with van der Waals surface area (Å²) in [6, 6.07) is 0.875. The predicted octanol–water partition coefficient (Wildman–Crippen LogP) is 4.08. The van der Waals surface area contributed by atoms with Crippen molar-refractivity contribution in [3.8, 4) is 0 Å². The van der Waals surface area contributed by atoms with Crippen LogP contribution in [-0.4, -0.2) is 12.6 Å². The van der Waals surface area contributed by atoms with Gasteiger partial charge in [0, 0.05) is 6.04 Å². The molecule has 5 fully saturated rings. The molecule has 5 saturated carbocycles. The third kappa shape index (κ3) is 1.69. The van der Waals surface area contributed by atoms with Gasteiger partial charge >= 0.3 is 0 Å². The highest BCUT2D eigenvalue weighted by atomic mass is 15.0. The molecule has 0 aromatic rings. The van der Waals surface area contributed by atoms with Crippen molar-refractivity contribution in [2.75, 3.05) is 6.54 Å². The van der Waals surface area contributed by atoms with E-state index in [1.165, 1.54) is 6.54 Å². The van der Waals surface area contributed by atoms with Crippen LogP contribution in [0.15, 0.2) is 0 Å². The Bertz CT molecular complexity index is 339. The van der Waals surface area contributed by atoms with E-state index >= 15 is 0 Å². The van der Waals surface area contributed by atoms with Gasteiger partial charge in [-0.25, -0.2) is 0 Å². The lowest BCUT2D eigenvalue weighted by atomic mass is 9.54. The van der Waals surface area contributed by atoms with Gasteiger partial charge in [0.05, 0.1) is 0 Å². The average Bonchev–Trinajstić information content (AvgIpc) is 2.69. The average molecular weight is 261 g/mol. The minimum absolute atomic E-state index is 0.548. The van der Waals surface area contributed by atoms with Crippen LogP contribution in [-0.2, 0) is 0 Å². The summed E-state index contributed by atoms with van der Waals surface area (Å²) in [5.41, 5.74) is 1.10. The maximum atomic E-state index is 4.04. The van der Waals surface area contributed by atoms with Crippen LogP contribution in [0.1, 0.15) is 59.8 Å². The quantitative estimate of drug-likeness (QED) is 0.807. The van der Waals surface area contributed by atoms with Crippen LogP contribution in [0.25, 0.3) is 0 Å². The molecule has 1 N–H and O–H groups in total. The third-order valence-corrected chi connectivity index (χ3v) is 8.10. The zero-order valence-electron chi connectivity index (χ0n) is 13.2. The normalized spacial score (nSPS) is 49.6. The van der Waals surface area contributed by atoms with E-state index in [4.69, 9.17) is 0 Å². The van der Waals surface area contributed by atoms with Gasteiger partial charge in [-0.1, -0.05) is 27.7 Å². The fraction of sp³-hybridized carbons (Fsp3) is 1.00. The van der Waals surface area contributed by atoms with Gasteiger partial charge in [-0.3, -0.25) is 0 Å². The van der Waals surface area contributed by atoms with Gasteiger partial charge in [0.2, 0.25) is 0 Å². The molecule has 19 heavy (non-hydrogen) atoms. The van der Waals surface area contributed by atoms with Gasteiger partial charge in [-0.05, 0) is 79.1 Å². The molecular weight excluding hydrogens is 230 g/mol. The van der Waals surface area contributed by atoms with Crippen LogP contribution < -0.4 is 5.32 Å². The number of nitrogens with one attached hydrogen (secondary N) is 1. The highest BCUT2D eigenvalue weighted by Gasteiger charge is 2.64. The minimum Gasteiger partial charge on any atom is -0.313 e. The predicted molar refractivity (Wildman–Crippen MR) is 79.9 cm³/mol. The second-order valence-corrected chi connectivity index (χ2v) is 9.36. The van der Waals surface area contributed by atoms with E-state index in [2.05, 4.69) is 33.0 Å².